The number of hydrogen-bond acceptors (Lipinski definition) is 4. The molecule has 2 amide bonds. The van der Waals surface area contributed by atoms with Crippen molar-refractivity contribution in [2.24, 2.45) is 0 Å². The standard InChI is InChI=1S/C18H14F2N4O3/c1-27-12-5-2-10(3-6-12)15-9-16(22-21-15)18(26)24-23-17(25)13-8-11(19)4-7-14(13)20/h2-9H,1H3,(H,21,22)(H,23,25)(H,24,26). The lowest BCUT2D eigenvalue weighted by Crippen LogP contribution is -2.42. The molecule has 27 heavy (non-hydrogen) atoms. The summed E-state index contributed by atoms with van der Waals surface area (Å²) in [4.78, 5) is 24.0. The van der Waals surface area contributed by atoms with Gasteiger partial charge in [0.15, 0.2) is 0 Å². The highest BCUT2D eigenvalue weighted by molar-refractivity contribution is 5.98. The van der Waals surface area contributed by atoms with Crippen LogP contribution in [0.1, 0.15) is 20.8 Å². The molecule has 0 radical (unpaired) electrons. The predicted octanol–water partition coefficient (Wildman–Crippen LogP) is 2.44. The van der Waals surface area contributed by atoms with E-state index in [1.807, 2.05) is 5.43 Å². The van der Waals surface area contributed by atoms with Crippen molar-refractivity contribution < 1.29 is 23.1 Å². The third kappa shape index (κ3) is 4.09. The maximum atomic E-state index is 13.5. The number of methoxy groups -OCH3 is 1. The molecule has 3 aromatic rings. The van der Waals surface area contributed by atoms with Gasteiger partial charge in [-0.3, -0.25) is 25.5 Å². The number of aromatic amines is 1. The van der Waals surface area contributed by atoms with Gasteiger partial charge >= 0.3 is 0 Å². The van der Waals surface area contributed by atoms with Crippen LogP contribution in [0, 0.1) is 11.6 Å². The summed E-state index contributed by atoms with van der Waals surface area (Å²) in [5, 5.41) is 6.56. The van der Waals surface area contributed by atoms with Gasteiger partial charge in [0, 0.05) is 5.56 Å². The number of H-pyrrole nitrogens is 1. The zero-order valence-corrected chi connectivity index (χ0v) is 14.0. The number of amides is 2. The number of benzene rings is 2. The van der Waals surface area contributed by atoms with E-state index in [0.717, 1.165) is 23.8 Å². The Kier molecular flexibility index (Phi) is 5.11. The van der Waals surface area contributed by atoms with Crippen LogP contribution < -0.4 is 15.6 Å². The van der Waals surface area contributed by atoms with Crippen molar-refractivity contribution in [3.63, 3.8) is 0 Å². The fraction of sp³-hybridized carbons (Fsp3) is 0.0556. The van der Waals surface area contributed by atoms with Gasteiger partial charge in [-0.15, -0.1) is 0 Å². The van der Waals surface area contributed by atoms with Crippen molar-refractivity contribution in [1.29, 1.82) is 0 Å². The van der Waals surface area contributed by atoms with Crippen LogP contribution in [0.2, 0.25) is 0 Å². The first-order valence-electron chi connectivity index (χ1n) is 7.73. The van der Waals surface area contributed by atoms with Crippen molar-refractivity contribution in [1.82, 2.24) is 21.0 Å². The van der Waals surface area contributed by atoms with Crippen LogP contribution in [0.4, 0.5) is 8.78 Å². The lowest BCUT2D eigenvalue weighted by Gasteiger charge is -2.07. The number of nitrogens with one attached hydrogen (secondary N) is 3. The van der Waals surface area contributed by atoms with E-state index in [4.69, 9.17) is 4.74 Å². The van der Waals surface area contributed by atoms with Crippen LogP contribution in [-0.4, -0.2) is 29.1 Å². The molecule has 7 nitrogen and oxygen atoms in total. The van der Waals surface area contributed by atoms with Crippen molar-refractivity contribution in [2.45, 2.75) is 0 Å². The van der Waals surface area contributed by atoms with Gasteiger partial charge in [-0.2, -0.15) is 5.10 Å². The molecule has 138 valence electrons. The number of hydrogen-bond donors (Lipinski definition) is 3. The van der Waals surface area contributed by atoms with Gasteiger partial charge in [-0.25, -0.2) is 8.78 Å². The Balaban J connectivity index is 1.65. The molecule has 0 atom stereocenters. The summed E-state index contributed by atoms with van der Waals surface area (Å²) in [5.74, 6) is -2.70. The Morgan fingerprint density at radius 3 is 2.41 bits per heavy atom. The Morgan fingerprint density at radius 2 is 1.70 bits per heavy atom. The summed E-state index contributed by atoms with van der Waals surface area (Å²) >= 11 is 0. The van der Waals surface area contributed by atoms with Gasteiger partial charge in [-0.1, -0.05) is 0 Å². The number of nitrogens with zero attached hydrogens (tertiary/aromatic N) is 1. The molecule has 0 bridgehead atoms. The van der Waals surface area contributed by atoms with Gasteiger partial charge < -0.3 is 4.74 Å². The minimum Gasteiger partial charge on any atom is -0.497 e. The lowest BCUT2D eigenvalue weighted by atomic mass is 10.1. The van der Waals surface area contributed by atoms with Gasteiger partial charge in [0.1, 0.15) is 23.1 Å². The summed E-state index contributed by atoms with van der Waals surface area (Å²) < 4.78 is 31.7. The summed E-state index contributed by atoms with van der Waals surface area (Å²) in [6, 6.07) is 10.9. The topological polar surface area (TPSA) is 96.1 Å². The molecule has 0 aliphatic heterocycles. The highest BCUT2D eigenvalue weighted by atomic mass is 19.1. The second kappa shape index (κ2) is 7.65. The van der Waals surface area contributed by atoms with Crippen LogP contribution in [-0.2, 0) is 0 Å². The Morgan fingerprint density at radius 1 is 1.00 bits per heavy atom. The molecule has 3 N–H and O–H groups in total. The first-order chi connectivity index (χ1) is 13.0. The average molecular weight is 372 g/mol. The molecular weight excluding hydrogens is 358 g/mol. The molecule has 0 aliphatic carbocycles. The SMILES string of the molecule is COc1ccc(-c2cc(C(=O)NNC(=O)c3cc(F)ccc3F)[nH]n2)cc1. The van der Waals surface area contributed by atoms with Gasteiger partial charge in [0.2, 0.25) is 0 Å². The molecule has 0 spiro atoms. The average Bonchev–Trinajstić information content (AvgIpc) is 3.18. The number of carbonyl (C=O) groups excluding carboxylic acids is 2. The monoisotopic (exact) mass is 372 g/mol. The largest absolute Gasteiger partial charge is 0.497 e. The second-order valence-electron chi connectivity index (χ2n) is 5.43. The van der Waals surface area contributed by atoms with Gasteiger partial charge in [0.25, 0.3) is 11.8 Å². The molecule has 3 rings (SSSR count). The van der Waals surface area contributed by atoms with E-state index in [9.17, 15) is 18.4 Å². The first kappa shape index (κ1) is 18.1. The number of hydrazine groups is 1. The van der Waals surface area contributed by atoms with Crippen molar-refractivity contribution in [3.05, 3.63) is 71.4 Å². The van der Waals surface area contributed by atoms with Crippen molar-refractivity contribution in [3.8, 4) is 17.0 Å². The van der Waals surface area contributed by atoms with Gasteiger partial charge in [0.05, 0.1) is 18.4 Å². The fourth-order valence-corrected chi connectivity index (χ4v) is 2.27. The molecule has 0 saturated carbocycles. The highest BCUT2D eigenvalue weighted by Crippen LogP contribution is 2.21. The van der Waals surface area contributed by atoms with E-state index < -0.39 is 29.0 Å². The van der Waals surface area contributed by atoms with E-state index in [1.54, 1.807) is 31.4 Å². The molecule has 9 heteroatoms. The minimum atomic E-state index is -0.991. The zero-order chi connectivity index (χ0) is 19.4. The summed E-state index contributed by atoms with van der Waals surface area (Å²) in [6.07, 6.45) is 0. The first-order valence-corrected chi connectivity index (χ1v) is 7.73. The van der Waals surface area contributed by atoms with E-state index in [0.29, 0.717) is 11.4 Å². The Bertz CT molecular complexity index is 987. The van der Waals surface area contributed by atoms with Gasteiger partial charge in [-0.05, 0) is 48.5 Å². The van der Waals surface area contributed by atoms with Crippen LogP contribution in [0.3, 0.4) is 0 Å². The number of rotatable bonds is 4. The molecule has 0 saturated heterocycles. The van der Waals surface area contributed by atoms with Crippen LogP contribution in [0.25, 0.3) is 11.3 Å². The minimum absolute atomic E-state index is 0.0702. The second-order valence-corrected chi connectivity index (χ2v) is 5.43. The maximum Gasteiger partial charge on any atom is 0.287 e. The Labute approximate surface area is 152 Å². The summed E-state index contributed by atoms with van der Waals surface area (Å²) in [5.41, 5.74) is 4.92. The van der Waals surface area contributed by atoms with E-state index in [-0.39, 0.29) is 5.69 Å². The molecule has 0 aliphatic rings. The van der Waals surface area contributed by atoms with Crippen molar-refractivity contribution >= 4 is 11.8 Å². The third-order valence-electron chi connectivity index (χ3n) is 3.67. The van der Waals surface area contributed by atoms with Crippen LogP contribution in [0.5, 0.6) is 5.75 Å². The lowest BCUT2D eigenvalue weighted by molar-refractivity contribution is 0.0841. The zero-order valence-electron chi connectivity index (χ0n) is 14.0. The number of ether oxygens (including phenoxy) is 1. The molecule has 1 heterocycles. The third-order valence-corrected chi connectivity index (χ3v) is 3.67. The maximum absolute atomic E-state index is 13.5. The van der Waals surface area contributed by atoms with E-state index >= 15 is 0 Å². The molecule has 2 aromatic carbocycles. The van der Waals surface area contributed by atoms with Crippen molar-refractivity contribution in [2.75, 3.05) is 7.11 Å². The summed E-state index contributed by atoms with van der Waals surface area (Å²) in [6.45, 7) is 0. The number of aromatic nitrogens is 2. The fourth-order valence-electron chi connectivity index (χ4n) is 2.27. The summed E-state index contributed by atoms with van der Waals surface area (Å²) in [7, 11) is 1.55. The Hall–Kier alpha value is -3.75. The normalized spacial score (nSPS) is 10.3. The van der Waals surface area contributed by atoms with E-state index in [2.05, 4.69) is 15.6 Å². The number of carbonyl (C=O) groups is 2. The van der Waals surface area contributed by atoms with Crippen LogP contribution >= 0.6 is 0 Å². The molecule has 0 fully saturated rings. The van der Waals surface area contributed by atoms with E-state index in [1.165, 1.54) is 6.07 Å². The highest BCUT2D eigenvalue weighted by Gasteiger charge is 2.15. The molecule has 1 aromatic heterocycles. The van der Waals surface area contributed by atoms with Crippen LogP contribution in [0.15, 0.2) is 48.5 Å². The molecular formula is C18H14F2N4O3. The number of halogens is 2. The smallest absolute Gasteiger partial charge is 0.287 e. The molecule has 0 unspecified atom stereocenters. The predicted molar refractivity (Wildman–Crippen MR) is 91.9 cm³/mol. The quantitative estimate of drug-likeness (QED) is 0.613.